The van der Waals surface area contributed by atoms with Gasteiger partial charge in [-0.05, 0) is 20.0 Å². The van der Waals surface area contributed by atoms with Gasteiger partial charge in [-0.2, -0.15) is 9.49 Å². The number of ketones is 1. The van der Waals surface area contributed by atoms with Gasteiger partial charge in [0.1, 0.15) is 11.9 Å². The number of nitrogens with one attached hydrogen (secondary N) is 1. The molecule has 6 rings (SSSR count). The molecular formula is C42H55FN4O12. The number of aliphatic hydroxyl groups excluding tert-OH is 2. The van der Waals surface area contributed by atoms with Gasteiger partial charge in [-0.15, -0.1) is 0 Å². The van der Waals surface area contributed by atoms with Gasteiger partial charge in [-0.25, -0.2) is 0 Å². The van der Waals surface area contributed by atoms with E-state index in [-0.39, 0.29) is 11.1 Å². The van der Waals surface area contributed by atoms with Crippen LogP contribution in [0, 0.1) is 29.5 Å². The largest absolute Gasteiger partial charge is 0.506 e. The fourth-order valence-electron chi connectivity index (χ4n) is 7.74. The number of carbonyl (C=O) groups is 3. The number of benzene rings is 2. The van der Waals surface area contributed by atoms with E-state index in [0.29, 0.717) is 26.2 Å². The van der Waals surface area contributed by atoms with Crippen LogP contribution in [0.25, 0.3) is 10.8 Å². The number of piperazine rings is 1. The van der Waals surface area contributed by atoms with E-state index in [4.69, 9.17) is 18.9 Å². The van der Waals surface area contributed by atoms with Crippen LogP contribution < -0.4 is 10.1 Å². The first kappa shape index (κ1) is 44.9. The third-order valence-electron chi connectivity index (χ3n) is 11.6. The Balaban J connectivity index is 1.70. The molecule has 4 aliphatic rings. The predicted molar refractivity (Wildman–Crippen MR) is 216 cm³/mol. The van der Waals surface area contributed by atoms with Gasteiger partial charge in [-0.3, -0.25) is 19.4 Å². The van der Waals surface area contributed by atoms with Crippen molar-refractivity contribution in [1.82, 2.24) is 9.91 Å². The predicted octanol–water partition coefficient (Wildman–Crippen LogP) is 4.17. The van der Waals surface area contributed by atoms with Gasteiger partial charge in [0.05, 0.1) is 53.0 Å². The Bertz CT molecular complexity index is 2080. The maximum Gasteiger partial charge on any atom is 0.312 e. The molecule has 2 aromatic carbocycles. The number of esters is 1. The summed E-state index contributed by atoms with van der Waals surface area (Å²) in [5.41, 5.74) is -1.14. The number of nitrogens with zero attached hydrogens (tertiary/aromatic N) is 3. The molecule has 322 valence electrons. The Labute approximate surface area is 342 Å². The van der Waals surface area contributed by atoms with E-state index >= 15 is 4.39 Å². The van der Waals surface area contributed by atoms with Crippen LogP contribution >= 0.6 is 0 Å². The highest BCUT2D eigenvalue weighted by Gasteiger charge is 2.51. The summed E-state index contributed by atoms with van der Waals surface area (Å²) >= 11 is 0. The number of Topliss-reactive ketones (excluding diaryl/α,β-unsaturated/α-hetero) is 1. The van der Waals surface area contributed by atoms with Crippen molar-refractivity contribution in [3.05, 3.63) is 53.1 Å². The van der Waals surface area contributed by atoms with Crippen LogP contribution in [0.4, 0.5) is 10.1 Å². The van der Waals surface area contributed by atoms with Crippen molar-refractivity contribution >= 4 is 40.3 Å². The highest BCUT2D eigenvalue weighted by Crippen LogP contribution is 2.54. The molecule has 6 N–H and O–H groups in total. The molecule has 0 aliphatic carbocycles. The Morgan fingerprint density at radius 2 is 1.64 bits per heavy atom. The molecule has 1 amide bonds. The molecule has 1 fully saturated rings. The van der Waals surface area contributed by atoms with Crippen molar-refractivity contribution < 1.29 is 63.3 Å². The maximum atomic E-state index is 16.1. The molecule has 16 nitrogen and oxygen atoms in total. The minimum absolute atomic E-state index is 0.0971. The quantitative estimate of drug-likeness (QED) is 0.110. The van der Waals surface area contributed by atoms with E-state index in [1.807, 2.05) is 7.05 Å². The molecular weight excluding hydrogens is 771 g/mol. The topological polar surface area (TPSA) is 220 Å². The van der Waals surface area contributed by atoms with Crippen LogP contribution in [0.15, 0.2) is 41.2 Å². The molecule has 0 saturated carbocycles. The standard InChI is InChI=1S/C42H55FN4O12/c1-20-11-10-12-21(2)41(55)45-32-26(19-44-47-16-14-46(8)15-17-47)35(51)28-29(37(32)53)36(52)31(43)39-30(28)40(54)42(7,59-39)57-18-13-27(56-9)22(3)38(58-25(6)48)24(5)34(50)23(4)33(20)49/h10-13,18-20,22-24,27,33-34,38,49-53H,14-17H2,1-9H3,(H,45,55)/b11-10?,18-13?,21-12-,44-19-. The van der Waals surface area contributed by atoms with Gasteiger partial charge in [-0.1, -0.05) is 45.9 Å². The van der Waals surface area contributed by atoms with Crippen molar-refractivity contribution in [1.29, 1.82) is 0 Å². The van der Waals surface area contributed by atoms with E-state index in [1.165, 1.54) is 52.3 Å². The van der Waals surface area contributed by atoms with E-state index in [2.05, 4.69) is 15.3 Å². The van der Waals surface area contributed by atoms with Crippen molar-refractivity contribution in [3.63, 3.8) is 0 Å². The van der Waals surface area contributed by atoms with Crippen LogP contribution in [0.1, 0.15) is 64.4 Å². The Morgan fingerprint density at radius 1 is 0.983 bits per heavy atom. The summed E-state index contributed by atoms with van der Waals surface area (Å²) in [6.07, 6.45) is 4.21. The second-order valence-corrected chi connectivity index (χ2v) is 15.8. The monoisotopic (exact) mass is 826 g/mol. The lowest BCUT2D eigenvalue weighted by molar-refractivity contribution is -0.160. The number of rotatable bonds is 4. The number of amides is 1. The fraction of sp³-hybridized carbons (Fsp3) is 0.524. The summed E-state index contributed by atoms with van der Waals surface area (Å²) < 4.78 is 39.0. The zero-order valence-corrected chi connectivity index (χ0v) is 34.7. The van der Waals surface area contributed by atoms with Gasteiger partial charge >= 0.3 is 11.8 Å². The lowest BCUT2D eigenvalue weighted by Crippen LogP contribution is -2.46. The number of fused-ring (bicyclic) bond motifs is 14. The SMILES string of the molecule is COC1C=COC2(C)Oc3c(F)c(O)c4c(O)c(c(/C=N\N5CCN(C)CC5)c(O)c4c3C2=O)NC(=O)/C(C)=C\C=CC(C)C(O)C(C)C(O)C(C)C(OC(C)=O)C1C. The molecule has 1 saturated heterocycles. The third kappa shape index (κ3) is 8.88. The summed E-state index contributed by atoms with van der Waals surface area (Å²) in [7, 11) is 3.34. The summed E-state index contributed by atoms with van der Waals surface area (Å²) in [4.78, 5) is 42.3. The van der Waals surface area contributed by atoms with Gasteiger partial charge in [0.2, 0.25) is 5.82 Å². The van der Waals surface area contributed by atoms with Crippen molar-refractivity contribution in [2.45, 2.75) is 78.7 Å². The molecule has 59 heavy (non-hydrogen) atoms. The van der Waals surface area contributed by atoms with Crippen LogP contribution in [0.2, 0.25) is 0 Å². The van der Waals surface area contributed by atoms with Gasteiger partial charge < -0.3 is 54.7 Å². The van der Waals surface area contributed by atoms with Crippen molar-refractivity contribution in [2.75, 3.05) is 45.7 Å². The summed E-state index contributed by atoms with van der Waals surface area (Å²) in [6, 6.07) is 0. The summed E-state index contributed by atoms with van der Waals surface area (Å²) in [5.74, 6) is -12.3. The van der Waals surface area contributed by atoms with E-state index in [1.54, 1.807) is 38.8 Å². The van der Waals surface area contributed by atoms with Gasteiger partial charge in [0.25, 0.3) is 11.7 Å². The lowest BCUT2D eigenvalue weighted by atomic mass is 9.78. The average molecular weight is 827 g/mol. The summed E-state index contributed by atoms with van der Waals surface area (Å²) in [5, 5.41) is 65.3. The molecule has 5 bridgehead atoms. The van der Waals surface area contributed by atoms with E-state index in [9.17, 15) is 39.9 Å². The van der Waals surface area contributed by atoms with Crippen LogP contribution in [0.5, 0.6) is 23.0 Å². The first-order valence-electron chi connectivity index (χ1n) is 19.5. The number of phenols is 3. The first-order chi connectivity index (χ1) is 27.7. The Kier molecular flexibility index (Phi) is 13.6. The minimum Gasteiger partial charge on any atom is -0.506 e. The highest BCUT2D eigenvalue weighted by atomic mass is 19.1. The molecule has 17 heteroatoms. The summed E-state index contributed by atoms with van der Waals surface area (Å²) in [6.45, 7) is 13.0. The van der Waals surface area contributed by atoms with Crippen LogP contribution in [-0.2, 0) is 23.8 Å². The molecule has 0 spiro atoms. The number of hydrogen-bond acceptors (Lipinski definition) is 15. The Morgan fingerprint density at radius 3 is 2.27 bits per heavy atom. The molecule has 0 radical (unpaired) electrons. The minimum atomic E-state index is -2.28. The number of allylic oxidation sites excluding steroid dienone is 2. The number of aromatic hydroxyl groups is 3. The maximum absolute atomic E-state index is 16.1. The number of carbonyl (C=O) groups excluding carboxylic acids is 3. The molecule has 4 aliphatic heterocycles. The van der Waals surface area contributed by atoms with E-state index in [0.717, 1.165) is 6.26 Å². The third-order valence-corrected chi connectivity index (χ3v) is 11.6. The molecule has 9 unspecified atom stereocenters. The number of methoxy groups -OCH3 is 1. The number of anilines is 1. The van der Waals surface area contributed by atoms with Crippen molar-refractivity contribution in [3.8, 4) is 23.0 Å². The van der Waals surface area contributed by atoms with Gasteiger partial charge in [0.15, 0.2) is 17.2 Å². The van der Waals surface area contributed by atoms with Gasteiger partial charge in [0, 0.05) is 81.8 Å². The van der Waals surface area contributed by atoms with E-state index < -0.39 is 122 Å². The molecule has 4 heterocycles. The normalized spacial score (nSPS) is 31.0. The van der Waals surface area contributed by atoms with Crippen molar-refractivity contribution in [2.24, 2.45) is 28.8 Å². The zero-order valence-electron chi connectivity index (χ0n) is 34.7. The fourth-order valence-corrected chi connectivity index (χ4v) is 7.74. The number of hydrogen-bond donors (Lipinski definition) is 6. The lowest BCUT2D eigenvalue weighted by Gasteiger charge is -2.38. The van der Waals surface area contributed by atoms with Crippen LogP contribution in [0.3, 0.4) is 0 Å². The first-order valence-corrected chi connectivity index (χ1v) is 19.5. The average Bonchev–Trinajstić information content (AvgIpc) is 3.46. The molecule has 9 atom stereocenters. The number of ether oxygens (including phenoxy) is 4. The van der Waals surface area contributed by atoms with Crippen LogP contribution in [-0.4, -0.2) is 130 Å². The smallest absolute Gasteiger partial charge is 0.312 e. The number of hydrazone groups is 1. The number of likely N-dealkylation sites (N-methyl/N-ethyl adjacent to an activating group) is 1. The Hall–Kier alpha value is -5.23. The second kappa shape index (κ2) is 17.9. The number of halogens is 1. The second-order valence-electron chi connectivity index (χ2n) is 15.8. The highest BCUT2D eigenvalue weighted by molar-refractivity contribution is 6.23. The molecule has 0 aromatic heterocycles. The zero-order chi connectivity index (χ0) is 43.7. The molecule has 2 aromatic rings. The number of aliphatic hydroxyl groups is 2. The number of phenolic OH excluding ortho intramolecular Hbond substituents is 3.